The van der Waals surface area contributed by atoms with Crippen molar-refractivity contribution in [2.24, 2.45) is 11.6 Å². The first-order chi connectivity index (χ1) is 10.6. The molecule has 1 saturated heterocycles. The Morgan fingerprint density at radius 1 is 1.27 bits per heavy atom. The molecule has 116 valence electrons. The largest absolute Gasteiger partial charge is 0.497 e. The Morgan fingerprint density at radius 2 is 1.95 bits per heavy atom. The van der Waals surface area contributed by atoms with Gasteiger partial charge in [-0.05, 0) is 24.3 Å². The molecule has 0 saturated carbocycles. The number of methoxy groups -OCH3 is 1. The van der Waals surface area contributed by atoms with Gasteiger partial charge in [-0.1, -0.05) is 0 Å². The Labute approximate surface area is 128 Å². The first-order valence-electron chi connectivity index (χ1n) is 6.90. The van der Waals surface area contributed by atoms with Gasteiger partial charge in [0.25, 0.3) is 0 Å². The minimum Gasteiger partial charge on any atom is -0.497 e. The van der Waals surface area contributed by atoms with Crippen molar-refractivity contribution in [2.45, 2.75) is 6.04 Å². The summed E-state index contributed by atoms with van der Waals surface area (Å²) in [5, 5.41) is 1.43. The van der Waals surface area contributed by atoms with Gasteiger partial charge in [0.05, 0.1) is 24.7 Å². The van der Waals surface area contributed by atoms with Crippen molar-refractivity contribution in [1.82, 2.24) is 9.97 Å². The fourth-order valence-electron chi connectivity index (χ4n) is 2.26. The molecule has 1 aromatic heterocycles. The Balaban J connectivity index is 1.87. The van der Waals surface area contributed by atoms with Gasteiger partial charge in [0, 0.05) is 19.1 Å². The van der Waals surface area contributed by atoms with Crippen molar-refractivity contribution in [2.75, 3.05) is 35.8 Å². The lowest BCUT2D eigenvalue weighted by molar-refractivity contribution is 0.415. The highest BCUT2D eigenvalue weighted by molar-refractivity contribution is 5.70. The Kier molecular flexibility index (Phi) is 3.70. The van der Waals surface area contributed by atoms with Crippen molar-refractivity contribution in [3.8, 4) is 5.75 Å². The molecule has 0 atom stereocenters. The number of nitrogen functional groups attached to an aromatic ring is 1. The van der Waals surface area contributed by atoms with Gasteiger partial charge in [-0.25, -0.2) is 10.8 Å². The number of benzene rings is 1. The first-order valence-corrected chi connectivity index (χ1v) is 6.90. The van der Waals surface area contributed by atoms with Gasteiger partial charge in [-0.15, -0.1) is 0 Å². The molecule has 0 bridgehead atoms. The average Bonchev–Trinajstić information content (AvgIpc) is 2.52. The second-order valence-electron chi connectivity index (χ2n) is 5.18. The molecule has 8 heteroatoms. The van der Waals surface area contributed by atoms with Crippen molar-refractivity contribution >= 4 is 23.1 Å². The van der Waals surface area contributed by atoms with Crippen LogP contribution < -0.4 is 32.0 Å². The molecule has 1 aliphatic heterocycles. The lowest BCUT2D eigenvalue weighted by Gasteiger charge is -2.37. The number of ether oxygens (including phenoxy) is 1. The van der Waals surface area contributed by atoms with E-state index in [0.717, 1.165) is 24.5 Å². The fourth-order valence-corrected chi connectivity index (χ4v) is 2.26. The van der Waals surface area contributed by atoms with Gasteiger partial charge >= 0.3 is 0 Å². The Hall–Kier alpha value is -2.58. The molecule has 8 nitrogen and oxygen atoms in total. The van der Waals surface area contributed by atoms with E-state index >= 15 is 0 Å². The van der Waals surface area contributed by atoms with Gasteiger partial charge in [0.2, 0.25) is 5.95 Å². The molecule has 0 amide bonds. The van der Waals surface area contributed by atoms with Crippen LogP contribution in [0.5, 0.6) is 5.75 Å². The fraction of sp³-hybridized carbons (Fsp3) is 0.286. The van der Waals surface area contributed by atoms with Crippen LogP contribution >= 0.6 is 0 Å². The zero-order valence-electron chi connectivity index (χ0n) is 12.3. The number of hydrogen-bond acceptors (Lipinski definition) is 8. The van der Waals surface area contributed by atoms with E-state index in [1.807, 2.05) is 29.2 Å². The van der Waals surface area contributed by atoms with E-state index in [0.29, 0.717) is 17.5 Å². The van der Waals surface area contributed by atoms with Crippen LogP contribution in [0.4, 0.5) is 23.1 Å². The molecule has 6 N–H and O–H groups in total. The van der Waals surface area contributed by atoms with Crippen LogP contribution in [0.1, 0.15) is 0 Å². The molecule has 3 rings (SSSR count). The number of rotatable bonds is 4. The Morgan fingerprint density at radius 3 is 2.55 bits per heavy atom. The summed E-state index contributed by atoms with van der Waals surface area (Å²) in [6.45, 7) is 1.47. The minimum atomic E-state index is 0.167. The quantitative estimate of drug-likeness (QED) is 0.542. The van der Waals surface area contributed by atoms with Crippen LogP contribution in [-0.2, 0) is 0 Å². The molecule has 22 heavy (non-hydrogen) atoms. The number of anilines is 4. The summed E-state index contributed by atoms with van der Waals surface area (Å²) < 4.78 is 5.13. The average molecular weight is 301 g/mol. The number of hydrazine groups is 1. The van der Waals surface area contributed by atoms with Gasteiger partial charge < -0.3 is 21.1 Å². The normalized spacial score (nSPS) is 14.6. The van der Waals surface area contributed by atoms with E-state index in [1.54, 1.807) is 13.3 Å². The summed E-state index contributed by atoms with van der Waals surface area (Å²) >= 11 is 0. The molecule has 2 heterocycles. The predicted octanol–water partition coefficient (Wildman–Crippen LogP) is 0.227. The molecule has 1 aliphatic rings. The highest BCUT2D eigenvalue weighted by Gasteiger charge is 2.26. The molecule has 2 aromatic rings. The second-order valence-corrected chi connectivity index (χ2v) is 5.18. The zero-order valence-corrected chi connectivity index (χ0v) is 12.3. The maximum atomic E-state index is 6.14. The van der Waals surface area contributed by atoms with E-state index in [2.05, 4.69) is 9.97 Å². The third kappa shape index (κ3) is 2.61. The van der Waals surface area contributed by atoms with E-state index in [4.69, 9.17) is 22.0 Å². The predicted molar refractivity (Wildman–Crippen MR) is 86.0 cm³/mol. The second kappa shape index (κ2) is 5.66. The zero-order chi connectivity index (χ0) is 15.7. The van der Waals surface area contributed by atoms with E-state index in [1.165, 1.54) is 5.01 Å². The standard InChI is InChI=1S/C14H19N7O/c1-22-11-4-2-10(3-5-11)21(17)13-12(16)6-18-14(19-13)20-7-9(15)8-20/h2-6,9H,7-8,15-17H2,1H3. The molecule has 0 unspecified atom stereocenters. The number of hydrogen-bond donors (Lipinski definition) is 3. The van der Waals surface area contributed by atoms with E-state index in [9.17, 15) is 0 Å². The summed E-state index contributed by atoms with van der Waals surface area (Å²) in [7, 11) is 1.61. The maximum absolute atomic E-state index is 6.14. The lowest BCUT2D eigenvalue weighted by Crippen LogP contribution is -2.56. The first kappa shape index (κ1) is 14.4. The molecule has 0 radical (unpaired) electrons. The van der Waals surface area contributed by atoms with Crippen LogP contribution in [-0.4, -0.2) is 36.2 Å². The third-order valence-corrected chi connectivity index (χ3v) is 3.55. The highest BCUT2D eigenvalue weighted by Crippen LogP contribution is 2.28. The molecule has 1 aromatic carbocycles. The van der Waals surface area contributed by atoms with Gasteiger partial charge in [-0.3, -0.25) is 5.01 Å². The smallest absolute Gasteiger partial charge is 0.227 e. The van der Waals surface area contributed by atoms with Crippen LogP contribution in [0, 0.1) is 0 Å². The summed E-state index contributed by atoms with van der Waals surface area (Å²) in [4.78, 5) is 10.7. The van der Waals surface area contributed by atoms with Crippen LogP contribution in [0.2, 0.25) is 0 Å². The maximum Gasteiger partial charge on any atom is 0.227 e. The van der Waals surface area contributed by atoms with Crippen molar-refractivity contribution in [1.29, 1.82) is 0 Å². The number of nitrogens with zero attached hydrogens (tertiary/aromatic N) is 4. The summed E-state index contributed by atoms with van der Waals surface area (Å²) in [5.41, 5.74) is 12.9. The Bertz CT molecular complexity index is 655. The molecular formula is C14H19N7O. The molecule has 0 aliphatic carbocycles. The van der Waals surface area contributed by atoms with Crippen LogP contribution in [0.3, 0.4) is 0 Å². The van der Waals surface area contributed by atoms with Gasteiger partial charge in [-0.2, -0.15) is 4.98 Å². The summed E-state index contributed by atoms with van der Waals surface area (Å²) in [6, 6.07) is 7.48. The van der Waals surface area contributed by atoms with Crippen molar-refractivity contribution < 1.29 is 4.74 Å². The van der Waals surface area contributed by atoms with Gasteiger partial charge in [0.1, 0.15) is 5.75 Å². The summed E-state index contributed by atoms with van der Waals surface area (Å²) in [5.74, 6) is 7.93. The van der Waals surface area contributed by atoms with Crippen molar-refractivity contribution in [3.05, 3.63) is 30.5 Å². The van der Waals surface area contributed by atoms with Crippen molar-refractivity contribution in [3.63, 3.8) is 0 Å². The molecular weight excluding hydrogens is 282 g/mol. The summed E-state index contributed by atoms with van der Waals surface area (Å²) in [6.07, 6.45) is 1.56. The number of nitrogens with two attached hydrogens (primary N) is 3. The lowest BCUT2D eigenvalue weighted by atomic mass is 10.1. The monoisotopic (exact) mass is 301 g/mol. The van der Waals surface area contributed by atoms with Crippen LogP contribution in [0.25, 0.3) is 0 Å². The van der Waals surface area contributed by atoms with E-state index in [-0.39, 0.29) is 6.04 Å². The molecule has 1 fully saturated rings. The number of aromatic nitrogens is 2. The highest BCUT2D eigenvalue weighted by atomic mass is 16.5. The van der Waals surface area contributed by atoms with E-state index < -0.39 is 0 Å². The minimum absolute atomic E-state index is 0.167. The van der Waals surface area contributed by atoms with Crippen LogP contribution in [0.15, 0.2) is 30.5 Å². The topological polar surface area (TPSA) is 120 Å². The van der Waals surface area contributed by atoms with Gasteiger partial charge in [0.15, 0.2) is 5.82 Å². The SMILES string of the molecule is COc1ccc(N(N)c2nc(N3CC(N)C3)ncc2N)cc1. The molecule has 0 spiro atoms. The third-order valence-electron chi connectivity index (χ3n) is 3.55.